The first-order chi connectivity index (χ1) is 17.1. The van der Waals surface area contributed by atoms with E-state index in [0.29, 0.717) is 24.0 Å². The minimum Gasteiger partial charge on any atom is -0.382 e. The molecule has 0 saturated carbocycles. The summed E-state index contributed by atoms with van der Waals surface area (Å²) in [4.78, 5) is 18.8. The highest BCUT2D eigenvalue weighted by molar-refractivity contribution is 5.99. The Labute approximate surface area is 215 Å². The summed E-state index contributed by atoms with van der Waals surface area (Å²) in [7, 11) is 1.99. The number of nitrogens with one attached hydrogen (secondary N) is 1. The lowest BCUT2D eigenvalue weighted by atomic mass is 9.95. The molecule has 0 amide bonds. The van der Waals surface area contributed by atoms with E-state index in [1.807, 2.05) is 14.0 Å². The minimum absolute atomic E-state index is 0.0566. The van der Waals surface area contributed by atoms with Gasteiger partial charge < -0.3 is 21.7 Å². The number of aliphatic imine (C=N–C) groups is 2. The van der Waals surface area contributed by atoms with Crippen LogP contribution in [0.15, 0.2) is 71.3 Å². The number of anilines is 1. The lowest BCUT2D eigenvalue weighted by Crippen LogP contribution is -2.28. The third-order valence-electron chi connectivity index (χ3n) is 6.03. The molecule has 1 unspecified atom stereocenters. The van der Waals surface area contributed by atoms with Gasteiger partial charge >= 0.3 is 0 Å². The maximum absolute atomic E-state index is 5.98. The third kappa shape index (κ3) is 7.88. The summed E-state index contributed by atoms with van der Waals surface area (Å²) in [6, 6.07) is 8.36. The van der Waals surface area contributed by atoms with Crippen LogP contribution in [0, 0.1) is 5.92 Å². The molecule has 8 heteroatoms. The van der Waals surface area contributed by atoms with Gasteiger partial charge in [-0.15, -0.1) is 0 Å². The molecule has 192 valence electrons. The summed E-state index contributed by atoms with van der Waals surface area (Å²) in [5.74, 6) is 0.996. The molecule has 0 aliphatic heterocycles. The zero-order valence-electron chi connectivity index (χ0n) is 22.1. The average molecular weight is 489 g/mol. The van der Waals surface area contributed by atoms with Crippen LogP contribution in [0.4, 0.5) is 11.5 Å². The molecule has 0 saturated heterocycles. The Kier molecular flexibility index (Phi) is 10.5. The van der Waals surface area contributed by atoms with Crippen molar-refractivity contribution in [3.8, 4) is 0 Å². The second-order valence-electron chi connectivity index (χ2n) is 9.19. The third-order valence-corrected chi connectivity index (χ3v) is 6.03. The molecule has 0 bridgehead atoms. The predicted octanol–water partition coefficient (Wildman–Crippen LogP) is 4.56. The molecule has 0 fully saturated rings. The predicted molar refractivity (Wildman–Crippen MR) is 154 cm³/mol. The first-order valence-electron chi connectivity index (χ1n) is 12.0. The quantitative estimate of drug-likeness (QED) is 0.204. The van der Waals surface area contributed by atoms with Crippen molar-refractivity contribution in [3.63, 3.8) is 0 Å². The normalized spacial score (nSPS) is 12.2. The molecule has 36 heavy (non-hydrogen) atoms. The summed E-state index contributed by atoms with van der Waals surface area (Å²) in [5.41, 5.74) is 17.8. The summed E-state index contributed by atoms with van der Waals surface area (Å²) in [5, 5.41) is 3.54. The van der Waals surface area contributed by atoms with Crippen LogP contribution in [0.2, 0.25) is 0 Å². The van der Waals surface area contributed by atoms with Crippen LogP contribution < -0.4 is 21.7 Å². The summed E-state index contributed by atoms with van der Waals surface area (Å²) in [6.45, 7) is 23.1. The zero-order chi connectivity index (χ0) is 26.8. The van der Waals surface area contributed by atoms with Gasteiger partial charge in [0.25, 0.3) is 0 Å². The van der Waals surface area contributed by atoms with Crippen molar-refractivity contribution in [2.24, 2.45) is 27.4 Å². The molecule has 0 aliphatic rings. The monoisotopic (exact) mass is 488 g/mol. The van der Waals surface area contributed by atoms with Crippen molar-refractivity contribution in [1.29, 1.82) is 0 Å². The van der Waals surface area contributed by atoms with E-state index in [9.17, 15) is 0 Å². The molecule has 1 heterocycles. The maximum atomic E-state index is 5.98. The lowest BCUT2D eigenvalue weighted by molar-refractivity contribution is 0.591. The van der Waals surface area contributed by atoms with Crippen LogP contribution in [0.5, 0.6) is 0 Å². The van der Waals surface area contributed by atoms with E-state index in [-0.39, 0.29) is 18.5 Å². The Bertz CT molecular complexity index is 1110. The SMILES string of the molecule is C=Nc1ncc(CN(C)c2ccc(C(=C)NC(CCC(=C)C(C)C)C(=C)C)cc2)nc1/C(N)=N\CN. The Morgan fingerprint density at radius 3 is 2.39 bits per heavy atom. The highest BCUT2D eigenvalue weighted by atomic mass is 15.1. The van der Waals surface area contributed by atoms with Crippen LogP contribution in [0.25, 0.3) is 5.70 Å². The number of amidine groups is 1. The standard InChI is InChI=1S/C28H40N8/c1-18(2)20(5)9-14-25(19(3)4)34-21(6)22-10-12-24(13-11-22)36(8)16-23-15-32-28(31-7)26(35-23)27(30)33-17-29/h10-13,15,18,25,34H,3,5-7,9,14,16-17,29H2,1-2,4,8H3,(H2,30,33). The van der Waals surface area contributed by atoms with E-state index in [2.05, 4.69) is 94.7 Å². The van der Waals surface area contributed by atoms with Gasteiger partial charge in [-0.25, -0.2) is 15.0 Å². The number of nitrogens with two attached hydrogens (primary N) is 2. The van der Waals surface area contributed by atoms with E-state index < -0.39 is 0 Å². The Morgan fingerprint density at radius 1 is 1.17 bits per heavy atom. The Hall–Kier alpha value is -3.78. The van der Waals surface area contributed by atoms with E-state index in [1.165, 1.54) is 5.57 Å². The molecular weight excluding hydrogens is 448 g/mol. The summed E-state index contributed by atoms with van der Waals surface area (Å²) >= 11 is 0. The van der Waals surface area contributed by atoms with Crippen molar-refractivity contribution in [1.82, 2.24) is 15.3 Å². The number of hydrogen-bond donors (Lipinski definition) is 3. The highest BCUT2D eigenvalue weighted by Gasteiger charge is 2.14. The van der Waals surface area contributed by atoms with Crippen LogP contribution in [0.1, 0.15) is 50.6 Å². The van der Waals surface area contributed by atoms with Gasteiger partial charge in [0.05, 0.1) is 25.1 Å². The van der Waals surface area contributed by atoms with Gasteiger partial charge in [0.2, 0.25) is 0 Å². The van der Waals surface area contributed by atoms with Crippen LogP contribution in [-0.2, 0) is 6.54 Å². The number of aromatic nitrogens is 2. The largest absolute Gasteiger partial charge is 0.382 e. The molecular formula is C28H40N8. The molecule has 0 radical (unpaired) electrons. The number of nitrogens with zero attached hydrogens (tertiary/aromatic N) is 5. The molecule has 5 N–H and O–H groups in total. The van der Waals surface area contributed by atoms with Crippen molar-refractivity contribution >= 4 is 29.8 Å². The van der Waals surface area contributed by atoms with Crippen molar-refractivity contribution in [2.75, 3.05) is 18.6 Å². The fourth-order valence-corrected chi connectivity index (χ4v) is 3.56. The van der Waals surface area contributed by atoms with Gasteiger partial charge in [0.15, 0.2) is 5.82 Å². The lowest BCUT2D eigenvalue weighted by Gasteiger charge is -2.24. The van der Waals surface area contributed by atoms with E-state index >= 15 is 0 Å². The summed E-state index contributed by atoms with van der Waals surface area (Å²) in [6.07, 6.45) is 3.55. The molecule has 0 spiro atoms. The number of allylic oxidation sites excluding steroid dienone is 1. The molecule has 1 atom stereocenters. The average Bonchev–Trinajstić information content (AvgIpc) is 2.86. The topological polar surface area (TPSA) is 118 Å². The van der Waals surface area contributed by atoms with Gasteiger partial charge in [-0.2, -0.15) is 0 Å². The first kappa shape index (κ1) is 28.5. The molecule has 2 rings (SSSR count). The zero-order valence-corrected chi connectivity index (χ0v) is 22.1. The second kappa shape index (κ2) is 13.3. The smallest absolute Gasteiger partial charge is 0.181 e. The molecule has 8 nitrogen and oxygen atoms in total. The van der Waals surface area contributed by atoms with Crippen LogP contribution in [-0.4, -0.2) is 42.3 Å². The Morgan fingerprint density at radius 2 is 1.83 bits per heavy atom. The second-order valence-corrected chi connectivity index (χ2v) is 9.19. The highest BCUT2D eigenvalue weighted by Crippen LogP contribution is 2.22. The molecule has 0 aliphatic carbocycles. The Balaban J connectivity index is 2.09. The van der Waals surface area contributed by atoms with E-state index in [4.69, 9.17) is 11.5 Å². The van der Waals surface area contributed by atoms with Crippen LogP contribution >= 0.6 is 0 Å². The minimum atomic E-state index is 0.0566. The van der Waals surface area contributed by atoms with Crippen LogP contribution in [0.3, 0.4) is 0 Å². The summed E-state index contributed by atoms with van der Waals surface area (Å²) < 4.78 is 0. The van der Waals surface area contributed by atoms with E-state index in [0.717, 1.165) is 41.1 Å². The van der Waals surface area contributed by atoms with Gasteiger partial charge in [0, 0.05) is 24.5 Å². The molecule has 2 aromatic rings. The first-order valence-corrected chi connectivity index (χ1v) is 12.0. The molecule has 1 aromatic carbocycles. The number of rotatable bonds is 14. The number of hydrogen-bond acceptors (Lipinski definition) is 7. The maximum Gasteiger partial charge on any atom is 0.181 e. The van der Waals surface area contributed by atoms with Gasteiger partial charge in [-0.3, -0.25) is 4.99 Å². The number of benzene rings is 1. The van der Waals surface area contributed by atoms with Crippen molar-refractivity contribution in [2.45, 2.75) is 46.2 Å². The fraction of sp³-hybridized carbons (Fsp3) is 0.357. The molecule has 1 aromatic heterocycles. The van der Waals surface area contributed by atoms with E-state index in [1.54, 1.807) is 6.20 Å². The van der Waals surface area contributed by atoms with Gasteiger partial charge in [-0.1, -0.05) is 56.9 Å². The van der Waals surface area contributed by atoms with Crippen molar-refractivity contribution < 1.29 is 0 Å². The van der Waals surface area contributed by atoms with Crippen molar-refractivity contribution in [3.05, 3.63) is 78.3 Å². The van der Waals surface area contributed by atoms with Gasteiger partial charge in [-0.05, 0) is 50.1 Å². The van der Waals surface area contributed by atoms with Gasteiger partial charge in [0.1, 0.15) is 11.5 Å². The fourth-order valence-electron chi connectivity index (χ4n) is 3.56.